The quantitative estimate of drug-likeness (QED) is 0.588. The number of rotatable bonds is 4. The minimum absolute atomic E-state index is 0.0924. The van der Waals surface area contributed by atoms with E-state index in [1.54, 1.807) is 0 Å². The molecule has 0 heterocycles. The van der Waals surface area contributed by atoms with Crippen molar-refractivity contribution in [3.8, 4) is 0 Å². The van der Waals surface area contributed by atoms with Crippen LogP contribution in [0.4, 0.5) is 4.39 Å². The van der Waals surface area contributed by atoms with E-state index in [4.69, 9.17) is 0 Å². The molecule has 0 aliphatic carbocycles. The SMILES string of the molecule is CN(CC(O)c1ccc(F)cc1)N=O. The van der Waals surface area contributed by atoms with E-state index in [2.05, 4.69) is 5.29 Å². The molecule has 0 aliphatic heterocycles. The maximum Gasteiger partial charge on any atom is 0.123 e. The molecule has 0 saturated carbocycles. The third-order valence-corrected chi connectivity index (χ3v) is 1.83. The Morgan fingerprint density at radius 1 is 1.50 bits per heavy atom. The lowest BCUT2D eigenvalue weighted by molar-refractivity contribution is 0.128. The summed E-state index contributed by atoms with van der Waals surface area (Å²) in [7, 11) is 1.46. The minimum Gasteiger partial charge on any atom is -0.386 e. The van der Waals surface area contributed by atoms with Crippen LogP contribution in [0.3, 0.4) is 0 Å². The Labute approximate surface area is 80.9 Å². The molecule has 0 aliphatic rings. The molecule has 14 heavy (non-hydrogen) atoms. The van der Waals surface area contributed by atoms with Crippen LogP contribution in [-0.4, -0.2) is 23.7 Å². The first-order valence-electron chi connectivity index (χ1n) is 4.11. The van der Waals surface area contributed by atoms with Gasteiger partial charge in [-0.05, 0) is 17.7 Å². The van der Waals surface area contributed by atoms with Gasteiger partial charge < -0.3 is 5.11 Å². The molecular formula is C9H11FN2O2. The zero-order valence-corrected chi connectivity index (χ0v) is 7.72. The van der Waals surface area contributed by atoms with E-state index in [-0.39, 0.29) is 12.4 Å². The molecular weight excluding hydrogens is 187 g/mol. The summed E-state index contributed by atoms with van der Waals surface area (Å²) in [5.74, 6) is -0.359. The van der Waals surface area contributed by atoms with Gasteiger partial charge in [0.25, 0.3) is 0 Å². The molecule has 0 fully saturated rings. The summed E-state index contributed by atoms with van der Waals surface area (Å²) in [6.45, 7) is 0.0924. The number of aliphatic hydroxyl groups excluding tert-OH is 1. The summed E-state index contributed by atoms with van der Waals surface area (Å²) in [4.78, 5) is 10.0. The third-order valence-electron chi connectivity index (χ3n) is 1.83. The number of hydrogen-bond donors (Lipinski definition) is 1. The van der Waals surface area contributed by atoms with E-state index in [0.29, 0.717) is 5.56 Å². The van der Waals surface area contributed by atoms with Crippen LogP contribution in [0.5, 0.6) is 0 Å². The van der Waals surface area contributed by atoms with Crippen LogP contribution in [0.15, 0.2) is 29.6 Å². The molecule has 0 spiro atoms. The molecule has 0 saturated heterocycles. The molecule has 0 aromatic heterocycles. The van der Waals surface area contributed by atoms with Crippen LogP contribution in [-0.2, 0) is 0 Å². The molecule has 4 nitrogen and oxygen atoms in total. The summed E-state index contributed by atoms with van der Waals surface area (Å²) in [5, 5.41) is 13.2. The van der Waals surface area contributed by atoms with Crippen LogP contribution in [0.1, 0.15) is 11.7 Å². The molecule has 1 rings (SSSR count). The first-order chi connectivity index (χ1) is 6.63. The predicted molar refractivity (Wildman–Crippen MR) is 49.8 cm³/mol. The fourth-order valence-corrected chi connectivity index (χ4v) is 1.07. The topological polar surface area (TPSA) is 52.9 Å². The Morgan fingerprint density at radius 3 is 2.57 bits per heavy atom. The summed E-state index contributed by atoms with van der Waals surface area (Å²) < 4.78 is 12.5. The Balaban J connectivity index is 2.64. The third kappa shape index (κ3) is 2.77. The van der Waals surface area contributed by atoms with Gasteiger partial charge in [0.05, 0.1) is 17.9 Å². The Bertz CT molecular complexity index is 302. The second kappa shape index (κ2) is 4.66. The van der Waals surface area contributed by atoms with E-state index < -0.39 is 6.10 Å². The van der Waals surface area contributed by atoms with Crippen LogP contribution in [0.2, 0.25) is 0 Å². The van der Waals surface area contributed by atoms with Crippen molar-refractivity contribution in [2.45, 2.75) is 6.10 Å². The average Bonchev–Trinajstić information content (AvgIpc) is 2.18. The molecule has 1 N–H and O–H groups in total. The fraction of sp³-hybridized carbons (Fsp3) is 0.333. The molecule has 5 heteroatoms. The highest BCUT2D eigenvalue weighted by Crippen LogP contribution is 2.14. The first-order valence-corrected chi connectivity index (χ1v) is 4.11. The average molecular weight is 198 g/mol. The number of hydrogen-bond acceptors (Lipinski definition) is 3. The minimum atomic E-state index is -0.835. The molecule has 0 bridgehead atoms. The number of nitroso groups, excluding NO2 is 1. The van der Waals surface area contributed by atoms with E-state index in [1.165, 1.54) is 31.3 Å². The van der Waals surface area contributed by atoms with Crippen LogP contribution < -0.4 is 0 Å². The van der Waals surface area contributed by atoms with Gasteiger partial charge in [-0.2, -0.15) is 0 Å². The molecule has 1 aromatic rings. The number of likely N-dealkylation sites (N-methyl/N-ethyl adjacent to an activating group) is 1. The van der Waals surface area contributed by atoms with E-state index in [1.807, 2.05) is 0 Å². The Kier molecular flexibility index (Phi) is 3.53. The van der Waals surface area contributed by atoms with Gasteiger partial charge in [0.1, 0.15) is 5.82 Å². The largest absolute Gasteiger partial charge is 0.386 e. The van der Waals surface area contributed by atoms with Crippen molar-refractivity contribution in [3.63, 3.8) is 0 Å². The lowest BCUT2D eigenvalue weighted by Gasteiger charge is -2.14. The van der Waals surface area contributed by atoms with Gasteiger partial charge >= 0.3 is 0 Å². The van der Waals surface area contributed by atoms with E-state index >= 15 is 0 Å². The molecule has 1 unspecified atom stereocenters. The normalized spacial score (nSPS) is 12.2. The van der Waals surface area contributed by atoms with Crippen molar-refractivity contribution >= 4 is 0 Å². The van der Waals surface area contributed by atoms with Crippen molar-refractivity contribution in [3.05, 3.63) is 40.6 Å². The molecule has 0 radical (unpaired) electrons. The molecule has 0 amide bonds. The van der Waals surface area contributed by atoms with Gasteiger partial charge in [-0.15, -0.1) is 4.91 Å². The van der Waals surface area contributed by atoms with E-state index in [0.717, 1.165) is 5.01 Å². The highest BCUT2D eigenvalue weighted by atomic mass is 19.1. The summed E-state index contributed by atoms with van der Waals surface area (Å²) in [5.41, 5.74) is 0.557. The fourth-order valence-electron chi connectivity index (χ4n) is 1.07. The molecule has 1 atom stereocenters. The number of nitrogens with zero attached hydrogens (tertiary/aromatic N) is 2. The van der Waals surface area contributed by atoms with Gasteiger partial charge in [0.15, 0.2) is 0 Å². The predicted octanol–water partition coefficient (Wildman–Crippen LogP) is 1.47. The Hall–Kier alpha value is -1.49. The van der Waals surface area contributed by atoms with Crippen molar-refractivity contribution in [2.24, 2.45) is 5.29 Å². The maximum atomic E-state index is 12.5. The van der Waals surface area contributed by atoms with Crippen LogP contribution in [0.25, 0.3) is 0 Å². The van der Waals surface area contributed by atoms with Crippen LogP contribution >= 0.6 is 0 Å². The zero-order valence-electron chi connectivity index (χ0n) is 7.72. The first kappa shape index (κ1) is 10.6. The molecule has 1 aromatic carbocycles. The van der Waals surface area contributed by atoms with Gasteiger partial charge in [0, 0.05) is 7.05 Å². The van der Waals surface area contributed by atoms with E-state index in [9.17, 15) is 14.4 Å². The number of benzene rings is 1. The zero-order chi connectivity index (χ0) is 10.6. The van der Waals surface area contributed by atoms with Crippen molar-refractivity contribution < 1.29 is 9.50 Å². The Morgan fingerprint density at radius 2 is 2.07 bits per heavy atom. The highest BCUT2D eigenvalue weighted by molar-refractivity contribution is 5.18. The second-order valence-corrected chi connectivity index (χ2v) is 2.99. The lowest BCUT2D eigenvalue weighted by atomic mass is 10.1. The molecule has 76 valence electrons. The van der Waals surface area contributed by atoms with Crippen molar-refractivity contribution in [1.82, 2.24) is 5.01 Å². The number of halogens is 1. The van der Waals surface area contributed by atoms with Gasteiger partial charge in [-0.1, -0.05) is 12.1 Å². The monoisotopic (exact) mass is 198 g/mol. The maximum absolute atomic E-state index is 12.5. The van der Waals surface area contributed by atoms with Crippen LogP contribution in [0, 0.1) is 10.7 Å². The van der Waals surface area contributed by atoms with Gasteiger partial charge in [0.2, 0.25) is 0 Å². The number of aliphatic hydroxyl groups is 1. The van der Waals surface area contributed by atoms with Crippen molar-refractivity contribution in [1.29, 1.82) is 0 Å². The summed E-state index contributed by atoms with van der Waals surface area (Å²) in [6, 6.07) is 5.46. The highest BCUT2D eigenvalue weighted by Gasteiger charge is 2.09. The summed E-state index contributed by atoms with van der Waals surface area (Å²) in [6.07, 6.45) is -0.835. The standard InChI is InChI=1S/C9H11FN2O2/c1-12(11-14)6-9(13)7-2-4-8(10)5-3-7/h2-5,9,13H,6H2,1H3. The second-order valence-electron chi connectivity index (χ2n) is 2.99. The van der Waals surface area contributed by atoms with Crippen molar-refractivity contribution in [2.75, 3.05) is 13.6 Å². The lowest BCUT2D eigenvalue weighted by Crippen LogP contribution is -2.18. The van der Waals surface area contributed by atoms with Gasteiger partial charge in [-0.3, -0.25) is 5.01 Å². The summed E-state index contributed by atoms with van der Waals surface area (Å²) >= 11 is 0. The smallest absolute Gasteiger partial charge is 0.123 e. The van der Waals surface area contributed by atoms with Gasteiger partial charge in [-0.25, -0.2) is 4.39 Å².